The molecule has 20 heavy (non-hydrogen) atoms. The Morgan fingerprint density at radius 1 is 1.10 bits per heavy atom. The molecule has 0 radical (unpaired) electrons. The van der Waals surface area contributed by atoms with E-state index in [1.807, 2.05) is 32.0 Å². The average Bonchev–Trinajstić information content (AvgIpc) is 2.49. The Hall–Kier alpha value is -2.00. The number of aryl methyl sites for hydroxylation is 1. The van der Waals surface area contributed by atoms with Gasteiger partial charge in [-0.15, -0.1) is 0 Å². The first-order valence-corrected chi connectivity index (χ1v) is 6.95. The number of hydrogen-bond acceptors (Lipinski definition) is 3. The minimum absolute atomic E-state index is 0.521. The lowest BCUT2D eigenvalue weighted by atomic mass is 10.0. The number of nitrogens with zero attached hydrogens (tertiary/aromatic N) is 3. The van der Waals surface area contributed by atoms with Gasteiger partial charge in [0, 0.05) is 29.1 Å². The molecule has 0 unspecified atom stereocenters. The van der Waals surface area contributed by atoms with Crippen molar-refractivity contribution in [1.82, 2.24) is 15.0 Å². The molecule has 0 atom stereocenters. The zero-order valence-electron chi connectivity index (χ0n) is 11.4. The van der Waals surface area contributed by atoms with Crippen molar-refractivity contribution in [3.05, 3.63) is 53.1 Å². The SMILES string of the molecule is CCc1nc(Cl)c(C)c(-c2cccc3ncccc23)n1. The third kappa shape index (κ3) is 2.14. The second-order valence-corrected chi connectivity index (χ2v) is 4.99. The molecule has 0 saturated heterocycles. The van der Waals surface area contributed by atoms with Gasteiger partial charge < -0.3 is 0 Å². The summed E-state index contributed by atoms with van der Waals surface area (Å²) in [6, 6.07) is 10.0. The van der Waals surface area contributed by atoms with Crippen LogP contribution in [0.4, 0.5) is 0 Å². The lowest BCUT2D eigenvalue weighted by Gasteiger charge is -2.10. The Morgan fingerprint density at radius 2 is 1.95 bits per heavy atom. The first-order chi connectivity index (χ1) is 9.70. The predicted molar refractivity (Wildman–Crippen MR) is 81.9 cm³/mol. The van der Waals surface area contributed by atoms with Crippen molar-refractivity contribution in [1.29, 1.82) is 0 Å². The number of hydrogen-bond donors (Lipinski definition) is 0. The van der Waals surface area contributed by atoms with E-state index in [0.29, 0.717) is 5.15 Å². The van der Waals surface area contributed by atoms with Crippen molar-refractivity contribution in [2.75, 3.05) is 0 Å². The molecule has 0 saturated carbocycles. The van der Waals surface area contributed by atoms with Crippen LogP contribution in [0.15, 0.2) is 36.5 Å². The Bertz CT molecular complexity index is 779. The summed E-state index contributed by atoms with van der Waals surface area (Å²) in [5, 5.41) is 1.60. The van der Waals surface area contributed by atoms with E-state index in [-0.39, 0.29) is 0 Å². The van der Waals surface area contributed by atoms with Crippen LogP contribution in [0, 0.1) is 6.92 Å². The molecule has 0 spiro atoms. The van der Waals surface area contributed by atoms with Crippen LogP contribution in [0.2, 0.25) is 5.15 Å². The first-order valence-electron chi connectivity index (χ1n) is 6.58. The van der Waals surface area contributed by atoms with Gasteiger partial charge in [0.2, 0.25) is 0 Å². The summed E-state index contributed by atoms with van der Waals surface area (Å²) < 4.78 is 0. The molecule has 3 nitrogen and oxygen atoms in total. The largest absolute Gasteiger partial charge is 0.256 e. The van der Waals surface area contributed by atoms with E-state index >= 15 is 0 Å². The highest BCUT2D eigenvalue weighted by Gasteiger charge is 2.13. The monoisotopic (exact) mass is 283 g/mol. The standard InChI is InChI=1S/C16H14ClN3/c1-3-14-19-15(10(2)16(17)20-14)12-6-4-8-13-11(12)7-5-9-18-13/h4-9H,3H2,1-2H3. The number of rotatable bonds is 2. The lowest BCUT2D eigenvalue weighted by Crippen LogP contribution is -2.00. The van der Waals surface area contributed by atoms with Gasteiger partial charge in [-0.25, -0.2) is 9.97 Å². The molecule has 3 rings (SSSR count). The van der Waals surface area contributed by atoms with E-state index in [0.717, 1.165) is 40.0 Å². The Balaban J connectivity index is 2.33. The highest BCUT2D eigenvalue weighted by molar-refractivity contribution is 6.30. The van der Waals surface area contributed by atoms with Gasteiger partial charge in [-0.2, -0.15) is 0 Å². The van der Waals surface area contributed by atoms with Gasteiger partial charge in [0.1, 0.15) is 11.0 Å². The van der Waals surface area contributed by atoms with Crippen molar-refractivity contribution in [3.63, 3.8) is 0 Å². The van der Waals surface area contributed by atoms with Gasteiger partial charge in [-0.05, 0) is 19.1 Å². The molecule has 2 heterocycles. The van der Waals surface area contributed by atoms with E-state index in [1.165, 1.54) is 0 Å². The second-order valence-electron chi connectivity index (χ2n) is 4.63. The molecule has 0 amide bonds. The van der Waals surface area contributed by atoms with Crippen molar-refractivity contribution < 1.29 is 0 Å². The van der Waals surface area contributed by atoms with Crippen LogP contribution in [0.5, 0.6) is 0 Å². The summed E-state index contributed by atoms with van der Waals surface area (Å²) in [4.78, 5) is 13.3. The highest BCUT2D eigenvalue weighted by atomic mass is 35.5. The minimum atomic E-state index is 0.521. The predicted octanol–water partition coefficient (Wildman–Crippen LogP) is 4.22. The fourth-order valence-electron chi connectivity index (χ4n) is 2.26. The molecule has 0 aliphatic carbocycles. The minimum Gasteiger partial charge on any atom is -0.256 e. The Kier molecular flexibility index (Phi) is 3.36. The number of pyridine rings is 1. The fraction of sp³-hybridized carbons (Fsp3) is 0.188. The van der Waals surface area contributed by atoms with E-state index in [2.05, 4.69) is 27.1 Å². The molecule has 0 fully saturated rings. The summed E-state index contributed by atoms with van der Waals surface area (Å²) in [7, 11) is 0. The highest BCUT2D eigenvalue weighted by Crippen LogP contribution is 2.30. The quantitative estimate of drug-likeness (QED) is 0.661. The van der Waals surface area contributed by atoms with Crippen LogP contribution in [0.25, 0.3) is 22.2 Å². The molecule has 0 aliphatic rings. The van der Waals surface area contributed by atoms with Crippen LogP contribution >= 0.6 is 11.6 Å². The van der Waals surface area contributed by atoms with Gasteiger partial charge in [0.05, 0.1) is 11.2 Å². The van der Waals surface area contributed by atoms with E-state index in [4.69, 9.17) is 11.6 Å². The first kappa shape index (κ1) is 13.0. The molecule has 100 valence electrons. The van der Waals surface area contributed by atoms with Crippen molar-refractivity contribution in [2.24, 2.45) is 0 Å². The maximum absolute atomic E-state index is 6.23. The maximum Gasteiger partial charge on any atom is 0.136 e. The molecule has 2 aromatic heterocycles. The molecule has 1 aromatic carbocycles. The number of halogens is 1. The van der Waals surface area contributed by atoms with Crippen molar-refractivity contribution >= 4 is 22.5 Å². The fourth-order valence-corrected chi connectivity index (χ4v) is 2.45. The third-order valence-corrected chi connectivity index (χ3v) is 3.72. The van der Waals surface area contributed by atoms with Gasteiger partial charge in [0.15, 0.2) is 0 Å². The second kappa shape index (κ2) is 5.17. The topological polar surface area (TPSA) is 38.7 Å². The van der Waals surface area contributed by atoms with Crippen LogP contribution in [-0.2, 0) is 6.42 Å². The van der Waals surface area contributed by atoms with Crippen LogP contribution in [0.3, 0.4) is 0 Å². The van der Waals surface area contributed by atoms with Gasteiger partial charge in [0.25, 0.3) is 0 Å². The Morgan fingerprint density at radius 3 is 2.75 bits per heavy atom. The number of aromatic nitrogens is 3. The van der Waals surface area contributed by atoms with E-state index in [1.54, 1.807) is 6.20 Å². The van der Waals surface area contributed by atoms with E-state index in [9.17, 15) is 0 Å². The van der Waals surface area contributed by atoms with Crippen molar-refractivity contribution in [3.8, 4) is 11.3 Å². The van der Waals surface area contributed by atoms with E-state index < -0.39 is 0 Å². The normalized spacial score (nSPS) is 10.9. The molecule has 0 N–H and O–H groups in total. The van der Waals surface area contributed by atoms with Crippen molar-refractivity contribution in [2.45, 2.75) is 20.3 Å². The summed E-state index contributed by atoms with van der Waals surface area (Å²) in [6.45, 7) is 3.97. The van der Waals surface area contributed by atoms with Crippen LogP contribution in [0.1, 0.15) is 18.3 Å². The van der Waals surface area contributed by atoms with Gasteiger partial charge >= 0.3 is 0 Å². The number of fused-ring (bicyclic) bond motifs is 1. The smallest absolute Gasteiger partial charge is 0.136 e. The van der Waals surface area contributed by atoms with Gasteiger partial charge in [-0.1, -0.05) is 36.7 Å². The molecular weight excluding hydrogens is 270 g/mol. The van der Waals surface area contributed by atoms with Crippen LogP contribution < -0.4 is 0 Å². The maximum atomic E-state index is 6.23. The number of benzene rings is 1. The zero-order valence-corrected chi connectivity index (χ0v) is 12.1. The van der Waals surface area contributed by atoms with Gasteiger partial charge in [-0.3, -0.25) is 4.98 Å². The molecule has 3 aromatic rings. The average molecular weight is 284 g/mol. The molecular formula is C16H14ClN3. The molecule has 0 aliphatic heterocycles. The van der Waals surface area contributed by atoms with Crippen LogP contribution in [-0.4, -0.2) is 15.0 Å². The molecule has 4 heteroatoms. The Labute approximate surface area is 122 Å². The molecule has 0 bridgehead atoms. The summed E-state index contributed by atoms with van der Waals surface area (Å²) in [5.74, 6) is 0.761. The zero-order chi connectivity index (χ0) is 14.1. The summed E-state index contributed by atoms with van der Waals surface area (Å²) >= 11 is 6.23. The lowest BCUT2D eigenvalue weighted by molar-refractivity contribution is 0.934. The summed E-state index contributed by atoms with van der Waals surface area (Å²) in [6.07, 6.45) is 2.55. The summed E-state index contributed by atoms with van der Waals surface area (Å²) in [5.41, 5.74) is 3.80. The third-order valence-electron chi connectivity index (χ3n) is 3.35.